The lowest BCUT2D eigenvalue weighted by Gasteiger charge is -2.14. The Morgan fingerprint density at radius 3 is 2.82 bits per heavy atom. The van der Waals surface area contributed by atoms with Crippen LogP contribution in [0.15, 0.2) is 34.2 Å². The molecule has 3 rings (SSSR count). The van der Waals surface area contributed by atoms with E-state index in [2.05, 4.69) is 15.3 Å². The number of aromatic nitrogens is 3. The minimum Gasteiger partial charge on any atom is -0.353 e. The zero-order valence-corrected chi connectivity index (χ0v) is 17.2. The number of fused-ring (bicyclic) bond motifs is 1. The lowest BCUT2D eigenvalue weighted by Crippen LogP contribution is -2.26. The first-order chi connectivity index (χ1) is 13.2. The fraction of sp³-hybridized carbons (Fsp3) is 0.316. The second-order valence-corrected chi connectivity index (χ2v) is 8.26. The lowest BCUT2D eigenvalue weighted by atomic mass is 10.2. The second-order valence-electron chi connectivity index (χ2n) is 6.88. The molecule has 148 valence electrons. The van der Waals surface area contributed by atoms with Crippen LogP contribution in [0.5, 0.6) is 0 Å². The molecule has 0 spiro atoms. The summed E-state index contributed by atoms with van der Waals surface area (Å²) in [4.78, 5) is 32.7. The van der Waals surface area contributed by atoms with Gasteiger partial charge in [-0.15, -0.1) is 0 Å². The van der Waals surface area contributed by atoms with Crippen LogP contribution in [0.3, 0.4) is 0 Å². The van der Waals surface area contributed by atoms with Crippen LogP contribution in [0, 0.1) is 18.7 Å². The minimum atomic E-state index is -0.607. The topological polar surface area (TPSA) is 79.8 Å². The Hall–Kier alpha value is -2.32. The molecule has 2 N–H and O–H groups in total. The van der Waals surface area contributed by atoms with Crippen molar-refractivity contribution in [2.45, 2.75) is 32.5 Å². The number of rotatable bonds is 6. The van der Waals surface area contributed by atoms with Crippen molar-refractivity contribution in [1.82, 2.24) is 14.5 Å². The van der Waals surface area contributed by atoms with Crippen molar-refractivity contribution in [3.63, 3.8) is 0 Å². The van der Waals surface area contributed by atoms with E-state index in [1.54, 1.807) is 10.6 Å². The van der Waals surface area contributed by atoms with E-state index < -0.39 is 11.7 Å². The van der Waals surface area contributed by atoms with E-state index in [0.717, 1.165) is 23.5 Å². The molecule has 0 radical (unpaired) electrons. The van der Waals surface area contributed by atoms with Gasteiger partial charge in [-0.25, -0.2) is 9.37 Å². The van der Waals surface area contributed by atoms with Crippen LogP contribution in [-0.2, 0) is 11.3 Å². The number of aryl methyl sites for hydroxylation is 1. The van der Waals surface area contributed by atoms with Crippen LogP contribution < -0.4 is 10.9 Å². The van der Waals surface area contributed by atoms with E-state index in [4.69, 9.17) is 11.6 Å². The molecule has 0 saturated carbocycles. The largest absolute Gasteiger partial charge is 0.353 e. The summed E-state index contributed by atoms with van der Waals surface area (Å²) in [5.41, 5.74) is 1.75. The van der Waals surface area contributed by atoms with Gasteiger partial charge in [0, 0.05) is 17.3 Å². The number of H-pyrrole nitrogens is 1. The smallest absolute Gasteiger partial charge is 0.278 e. The monoisotopic (exact) mass is 422 g/mol. The number of nitrogens with zero attached hydrogens (tertiary/aromatic N) is 2. The van der Waals surface area contributed by atoms with Crippen LogP contribution >= 0.6 is 23.4 Å². The number of hydrogen-bond acceptors (Lipinski definition) is 4. The van der Waals surface area contributed by atoms with E-state index >= 15 is 0 Å². The highest BCUT2D eigenvalue weighted by Crippen LogP contribution is 2.22. The highest BCUT2D eigenvalue weighted by molar-refractivity contribution is 7.99. The number of aromatic amines is 1. The van der Waals surface area contributed by atoms with Crippen molar-refractivity contribution in [3.05, 3.63) is 51.2 Å². The third kappa shape index (κ3) is 4.56. The van der Waals surface area contributed by atoms with Crippen molar-refractivity contribution in [1.29, 1.82) is 0 Å². The highest BCUT2D eigenvalue weighted by Gasteiger charge is 2.16. The molecule has 0 saturated heterocycles. The predicted molar refractivity (Wildman–Crippen MR) is 111 cm³/mol. The number of thioether (sulfide) groups is 1. The Morgan fingerprint density at radius 2 is 2.14 bits per heavy atom. The van der Waals surface area contributed by atoms with Crippen molar-refractivity contribution in [2.24, 2.45) is 5.92 Å². The average molecular weight is 423 g/mol. The van der Waals surface area contributed by atoms with Gasteiger partial charge in [-0.1, -0.05) is 37.2 Å². The molecule has 0 fully saturated rings. The van der Waals surface area contributed by atoms with Crippen LogP contribution in [0.1, 0.15) is 19.5 Å². The van der Waals surface area contributed by atoms with E-state index in [0.29, 0.717) is 22.7 Å². The van der Waals surface area contributed by atoms with Crippen LogP contribution in [0.4, 0.5) is 10.1 Å². The molecule has 0 bridgehead atoms. The Kier molecular flexibility index (Phi) is 6.10. The standard InChI is InChI=1S/C19H20ClFN4O2S/c1-10(2)8-25-18(27)17-15(6-11(3)22-17)24-19(25)28-9-16(26)23-14-5-4-12(20)7-13(14)21/h4-7,10,22H,8-9H2,1-3H3,(H,23,26). The molecule has 2 aromatic heterocycles. The zero-order chi connectivity index (χ0) is 20.4. The maximum Gasteiger partial charge on any atom is 0.278 e. The van der Waals surface area contributed by atoms with Gasteiger partial charge >= 0.3 is 0 Å². The molecule has 28 heavy (non-hydrogen) atoms. The van der Waals surface area contributed by atoms with E-state index in [1.165, 1.54) is 12.1 Å². The van der Waals surface area contributed by atoms with Crippen molar-refractivity contribution >= 4 is 46.0 Å². The molecule has 0 atom stereocenters. The van der Waals surface area contributed by atoms with Gasteiger partial charge in [0.25, 0.3) is 5.56 Å². The van der Waals surface area contributed by atoms with Gasteiger partial charge in [0.05, 0.1) is 17.0 Å². The Balaban J connectivity index is 1.82. The van der Waals surface area contributed by atoms with Crippen molar-refractivity contribution in [2.75, 3.05) is 11.1 Å². The molecule has 0 aliphatic rings. The van der Waals surface area contributed by atoms with E-state index in [-0.39, 0.29) is 27.9 Å². The van der Waals surface area contributed by atoms with Gasteiger partial charge in [0.15, 0.2) is 5.16 Å². The van der Waals surface area contributed by atoms with Gasteiger partial charge in [-0.3, -0.25) is 14.2 Å². The maximum absolute atomic E-state index is 13.8. The lowest BCUT2D eigenvalue weighted by molar-refractivity contribution is -0.113. The molecule has 6 nitrogen and oxygen atoms in total. The van der Waals surface area contributed by atoms with Crippen LogP contribution in [0.2, 0.25) is 5.02 Å². The molecule has 0 aliphatic heterocycles. The fourth-order valence-corrected chi connectivity index (χ4v) is 3.72. The number of benzene rings is 1. The molecule has 2 heterocycles. The molecule has 0 unspecified atom stereocenters. The molecule has 0 aliphatic carbocycles. The van der Waals surface area contributed by atoms with Crippen LogP contribution in [-0.4, -0.2) is 26.2 Å². The maximum atomic E-state index is 13.8. The molecule has 1 aromatic carbocycles. The van der Waals surface area contributed by atoms with Crippen molar-refractivity contribution in [3.8, 4) is 0 Å². The average Bonchev–Trinajstić information content (AvgIpc) is 2.99. The van der Waals surface area contributed by atoms with Gasteiger partial charge in [0.1, 0.15) is 11.3 Å². The minimum absolute atomic E-state index is 0.0124. The Bertz CT molecular complexity index is 1090. The molecular weight excluding hydrogens is 403 g/mol. The Morgan fingerprint density at radius 1 is 1.39 bits per heavy atom. The summed E-state index contributed by atoms with van der Waals surface area (Å²) in [5.74, 6) is -0.794. The molecule has 1 amide bonds. The number of carbonyl (C=O) groups is 1. The number of nitrogens with one attached hydrogen (secondary N) is 2. The summed E-state index contributed by atoms with van der Waals surface area (Å²) < 4.78 is 15.4. The molecule has 3 aromatic rings. The predicted octanol–water partition coefficient (Wildman–Crippen LogP) is 4.21. The summed E-state index contributed by atoms with van der Waals surface area (Å²) in [6.45, 7) is 6.34. The summed E-state index contributed by atoms with van der Waals surface area (Å²) in [7, 11) is 0. The first-order valence-electron chi connectivity index (χ1n) is 8.72. The van der Waals surface area contributed by atoms with E-state index in [9.17, 15) is 14.0 Å². The van der Waals surface area contributed by atoms with Gasteiger partial charge in [-0.2, -0.15) is 0 Å². The number of halogens is 2. The van der Waals surface area contributed by atoms with Gasteiger partial charge < -0.3 is 10.3 Å². The molecular formula is C19H20ClFN4O2S. The quantitative estimate of drug-likeness (QED) is 0.460. The number of anilines is 1. The first-order valence-corrected chi connectivity index (χ1v) is 10.1. The zero-order valence-electron chi connectivity index (χ0n) is 15.7. The summed E-state index contributed by atoms with van der Waals surface area (Å²) in [6, 6.07) is 5.83. The summed E-state index contributed by atoms with van der Waals surface area (Å²) >= 11 is 6.86. The third-order valence-electron chi connectivity index (χ3n) is 3.92. The fourth-order valence-electron chi connectivity index (χ4n) is 2.75. The number of carbonyl (C=O) groups excluding carboxylic acids is 1. The Labute approximate surface area is 170 Å². The summed E-state index contributed by atoms with van der Waals surface area (Å²) in [5, 5.41) is 3.22. The second kappa shape index (κ2) is 8.36. The first kappa shape index (κ1) is 20.4. The normalized spacial score (nSPS) is 11.4. The third-order valence-corrected chi connectivity index (χ3v) is 5.13. The molecule has 9 heteroatoms. The van der Waals surface area contributed by atoms with Crippen molar-refractivity contribution < 1.29 is 9.18 Å². The number of amides is 1. The SMILES string of the molecule is Cc1cc2nc(SCC(=O)Nc3ccc(Cl)cc3F)n(CC(C)C)c(=O)c2[nH]1. The van der Waals surface area contributed by atoms with Crippen LogP contribution in [0.25, 0.3) is 11.0 Å². The van der Waals surface area contributed by atoms with Gasteiger partial charge in [-0.05, 0) is 37.1 Å². The van der Waals surface area contributed by atoms with Gasteiger partial charge in [0.2, 0.25) is 5.91 Å². The highest BCUT2D eigenvalue weighted by atomic mass is 35.5. The van der Waals surface area contributed by atoms with E-state index in [1.807, 2.05) is 20.8 Å². The number of hydrogen-bond donors (Lipinski definition) is 2. The summed E-state index contributed by atoms with van der Waals surface area (Å²) in [6.07, 6.45) is 0.